The first-order valence-electron chi connectivity index (χ1n) is 11.0. The average molecular weight is 467 g/mol. The van der Waals surface area contributed by atoms with Crippen molar-refractivity contribution in [2.75, 3.05) is 22.8 Å². The fraction of sp³-hybridized carbons (Fsp3) is 0.269. The third-order valence-electron chi connectivity index (χ3n) is 5.12. The lowest BCUT2D eigenvalue weighted by molar-refractivity contribution is 0.102. The van der Waals surface area contributed by atoms with Crippen molar-refractivity contribution >= 4 is 27.3 Å². The maximum atomic E-state index is 13.1. The lowest BCUT2D eigenvalue weighted by atomic mass is 10.1. The minimum atomic E-state index is -3.73. The van der Waals surface area contributed by atoms with Crippen molar-refractivity contribution in [3.63, 3.8) is 0 Å². The van der Waals surface area contributed by atoms with Crippen molar-refractivity contribution in [2.45, 2.75) is 32.1 Å². The average Bonchev–Trinajstić information content (AvgIpc) is 2.80. The van der Waals surface area contributed by atoms with Crippen LogP contribution in [0.3, 0.4) is 0 Å². The molecule has 6 nitrogen and oxygen atoms in total. The Kier molecular flexibility index (Phi) is 8.11. The Labute approximate surface area is 196 Å². The number of nitrogens with zero attached hydrogens (tertiary/aromatic N) is 1. The van der Waals surface area contributed by atoms with E-state index in [1.54, 1.807) is 61.5 Å². The molecule has 0 bridgehead atoms. The molecule has 3 rings (SSSR count). The Morgan fingerprint density at radius 3 is 2.21 bits per heavy atom. The van der Waals surface area contributed by atoms with Crippen molar-refractivity contribution in [3.8, 4) is 5.75 Å². The first kappa shape index (κ1) is 24.3. The molecule has 0 aliphatic heterocycles. The molecule has 174 valence electrons. The highest BCUT2D eigenvalue weighted by Gasteiger charge is 2.23. The second-order valence-electron chi connectivity index (χ2n) is 8.01. The van der Waals surface area contributed by atoms with Gasteiger partial charge in [0, 0.05) is 12.2 Å². The Morgan fingerprint density at radius 1 is 0.939 bits per heavy atom. The molecular weight excluding hydrogens is 436 g/mol. The number of carbonyl (C=O) groups is 1. The fourth-order valence-electron chi connectivity index (χ4n) is 3.31. The molecule has 1 amide bonds. The summed E-state index contributed by atoms with van der Waals surface area (Å²) in [6.45, 7) is 6.86. The highest BCUT2D eigenvalue weighted by Crippen LogP contribution is 2.25. The van der Waals surface area contributed by atoms with Crippen molar-refractivity contribution in [1.29, 1.82) is 0 Å². The van der Waals surface area contributed by atoms with E-state index < -0.39 is 10.0 Å². The number of ether oxygens (including phenoxy) is 1. The van der Waals surface area contributed by atoms with Crippen LogP contribution in [-0.4, -0.2) is 27.5 Å². The number of amides is 1. The zero-order valence-electron chi connectivity index (χ0n) is 19.2. The fourth-order valence-corrected chi connectivity index (χ4v) is 4.78. The van der Waals surface area contributed by atoms with Crippen LogP contribution in [0, 0.1) is 5.92 Å². The van der Waals surface area contributed by atoms with Gasteiger partial charge in [0.25, 0.3) is 15.9 Å². The zero-order chi connectivity index (χ0) is 23.8. The number of hydrogen-bond donors (Lipinski definition) is 1. The van der Waals surface area contributed by atoms with Gasteiger partial charge in [-0.15, -0.1) is 0 Å². The van der Waals surface area contributed by atoms with Crippen LogP contribution >= 0.6 is 0 Å². The van der Waals surface area contributed by atoms with Gasteiger partial charge in [-0.05, 0) is 67.8 Å². The Hall–Kier alpha value is -3.32. The van der Waals surface area contributed by atoms with Crippen LogP contribution in [0.25, 0.3) is 0 Å². The number of carbonyl (C=O) groups excluding carboxylic acids is 1. The van der Waals surface area contributed by atoms with Crippen LogP contribution in [0.2, 0.25) is 0 Å². The summed E-state index contributed by atoms with van der Waals surface area (Å²) < 4.78 is 33.4. The number of anilines is 2. The van der Waals surface area contributed by atoms with Crippen LogP contribution in [0.15, 0.2) is 83.8 Å². The van der Waals surface area contributed by atoms with Crippen LogP contribution in [-0.2, 0) is 10.0 Å². The van der Waals surface area contributed by atoms with E-state index in [0.29, 0.717) is 41.8 Å². The van der Waals surface area contributed by atoms with Crippen LogP contribution in [0.1, 0.15) is 37.6 Å². The van der Waals surface area contributed by atoms with Gasteiger partial charge in [-0.25, -0.2) is 8.42 Å². The molecule has 0 fully saturated rings. The number of nitrogens with one attached hydrogen (secondary N) is 1. The van der Waals surface area contributed by atoms with Crippen LogP contribution in [0.4, 0.5) is 11.4 Å². The van der Waals surface area contributed by atoms with E-state index >= 15 is 0 Å². The molecule has 0 aliphatic carbocycles. The van der Waals surface area contributed by atoms with Gasteiger partial charge in [0.05, 0.1) is 22.8 Å². The molecule has 0 unspecified atom stereocenters. The smallest absolute Gasteiger partial charge is 0.264 e. The summed E-state index contributed by atoms with van der Waals surface area (Å²) in [5, 5.41) is 2.82. The van der Waals surface area contributed by atoms with E-state index in [9.17, 15) is 13.2 Å². The van der Waals surface area contributed by atoms with Gasteiger partial charge in [0.1, 0.15) is 5.75 Å². The monoisotopic (exact) mass is 466 g/mol. The van der Waals surface area contributed by atoms with Crippen molar-refractivity contribution in [2.24, 2.45) is 5.92 Å². The van der Waals surface area contributed by atoms with Gasteiger partial charge in [0.2, 0.25) is 0 Å². The van der Waals surface area contributed by atoms with Crippen molar-refractivity contribution < 1.29 is 17.9 Å². The first-order valence-corrected chi connectivity index (χ1v) is 12.5. The van der Waals surface area contributed by atoms with Crippen molar-refractivity contribution in [3.05, 3.63) is 84.4 Å². The summed E-state index contributed by atoms with van der Waals surface area (Å²) in [6, 6.07) is 22.2. The van der Waals surface area contributed by atoms with E-state index in [1.807, 2.05) is 12.1 Å². The second kappa shape index (κ2) is 11.0. The molecule has 0 atom stereocenters. The third-order valence-corrected chi connectivity index (χ3v) is 7.03. The van der Waals surface area contributed by atoms with Gasteiger partial charge in [-0.3, -0.25) is 9.10 Å². The summed E-state index contributed by atoms with van der Waals surface area (Å²) in [7, 11) is -3.73. The lowest BCUT2D eigenvalue weighted by Gasteiger charge is -2.23. The predicted octanol–water partition coefficient (Wildman–Crippen LogP) is 5.58. The minimum absolute atomic E-state index is 0.156. The molecule has 3 aromatic rings. The van der Waals surface area contributed by atoms with Gasteiger partial charge < -0.3 is 10.1 Å². The molecule has 0 spiro atoms. The molecule has 1 N–H and O–H groups in total. The first-order chi connectivity index (χ1) is 15.8. The predicted molar refractivity (Wildman–Crippen MR) is 132 cm³/mol. The van der Waals surface area contributed by atoms with Gasteiger partial charge in [-0.2, -0.15) is 0 Å². The molecule has 0 saturated carbocycles. The van der Waals surface area contributed by atoms with Gasteiger partial charge >= 0.3 is 0 Å². The second-order valence-corrected chi connectivity index (χ2v) is 9.87. The summed E-state index contributed by atoms with van der Waals surface area (Å²) in [4.78, 5) is 13.0. The maximum Gasteiger partial charge on any atom is 0.264 e. The molecule has 0 aromatic heterocycles. The van der Waals surface area contributed by atoms with E-state index in [-0.39, 0.29) is 10.8 Å². The van der Waals surface area contributed by atoms with Crippen LogP contribution in [0.5, 0.6) is 5.75 Å². The molecule has 3 aromatic carbocycles. The number of benzene rings is 3. The van der Waals surface area contributed by atoms with Gasteiger partial charge in [0.15, 0.2) is 0 Å². The third kappa shape index (κ3) is 6.14. The summed E-state index contributed by atoms with van der Waals surface area (Å²) in [6.07, 6.45) is 0.893. The van der Waals surface area contributed by atoms with E-state index in [2.05, 4.69) is 19.2 Å². The highest BCUT2D eigenvalue weighted by atomic mass is 32.2. The molecule has 0 aliphatic rings. The summed E-state index contributed by atoms with van der Waals surface area (Å²) >= 11 is 0. The molecule has 7 heteroatoms. The number of rotatable bonds is 10. The van der Waals surface area contributed by atoms with E-state index in [0.717, 1.165) is 6.42 Å². The largest absolute Gasteiger partial charge is 0.493 e. The standard InChI is InChI=1S/C26H30N2O4S/c1-4-28(22-10-6-5-7-11-22)33(30,31)23-16-14-21(15-17-23)27-26(29)24-12-8-9-13-25(24)32-19-18-20(2)3/h5-17,20H,4,18-19H2,1-3H3,(H,27,29). The molecule has 0 saturated heterocycles. The Balaban J connectivity index is 1.74. The van der Waals surface area contributed by atoms with Gasteiger partial charge in [-0.1, -0.05) is 44.2 Å². The number of para-hydroxylation sites is 2. The van der Waals surface area contributed by atoms with Crippen molar-refractivity contribution in [1.82, 2.24) is 0 Å². The summed E-state index contributed by atoms with van der Waals surface area (Å²) in [5.41, 5.74) is 1.53. The van der Waals surface area contributed by atoms with E-state index in [4.69, 9.17) is 4.74 Å². The quantitative estimate of drug-likeness (QED) is 0.423. The SMILES string of the molecule is CCN(c1ccccc1)S(=O)(=O)c1ccc(NC(=O)c2ccccc2OCCC(C)C)cc1. The zero-order valence-corrected chi connectivity index (χ0v) is 20.0. The molecule has 0 radical (unpaired) electrons. The number of hydrogen-bond acceptors (Lipinski definition) is 4. The highest BCUT2D eigenvalue weighted by molar-refractivity contribution is 7.92. The van der Waals surface area contributed by atoms with Crippen LogP contribution < -0.4 is 14.4 Å². The molecule has 33 heavy (non-hydrogen) atoms. The van der Waals surface area contributed by atoms with E-state index in [1.165, 1.54) is 16.4 Å². The lowest BCUT2D eigenvalue weighted by Crippen LogP contribution is -2.30. The topological polar surface area (TPSA) is 75.7 Å². The Bertz CT molecular complexity index is 1160. The minimum Gasteiger partial charge on any atom is -0.493 e. The maximum absolute atomic E-state index is 13.1. The Morgan fingerprint density at radius 2 is 1.58 bits per heavy atom. The number of sulfonamides is 1. The molecular formula is C26H30N2O4S. The normalized spacial score (nSPS) is 11.3. The summed E-state index contributed by atoms with van der Waals surface area (Å²) in [5.74, 6) is 0.716. The molecule has 0 heterocycles.